The average Bonchev–Trinajstić information content (AvgIpc) is 2.90. The highest BCUT2D eigenvalue weighted by Gasteiger charge is 2.30. The first-order chi connectivity index (χ1) is 17.9. The van der Waals surface area contributed by atoms with Crippen molar-refractivity contribution in [1.29, 1.82) is 0 Å². The lowest BCUT2D eigenvalue weighted by Crippen LogP contribution is -2.36. The molecular weight excluding hydrogens is 464 g/mol. The Morgan fingerprint density at radius 1 is 1.11 bits per heavy atom. The summed E-state index contributed by atoms with van der Waals surface area (Å²) < 4.78 is 5.87. The normalized spacial score (nSPS) is 19.2. The Balaban J connectivity index is 1.57. The molecule has 6 nitrogen and oxygen atoms in total. The molecule has 0 saturated carbocycles. The van der Waals surface area contributed by atoms with Gasteiger partial charge in [-0.05, 0) is 71.7 Å². The lowest BCUT2D eigenvalue weighted by Gasteiger charge is -2.31. The van der Waals surface area contributed by atoms with Crippen LogP contribution >= 0.6 is 0 Å². The number of aromatic nitrogens is 1. The second-order valence-electron chi connectivity index (χ2n) is 10.00. The van der Waals surface area contributed by atoms with Crippen molar-refractivity contribution in [3.8, 4) is 5.88 Å². The van der Waals surface area contributed by atoms with Crippen LogP contribution < -0.4 is 4.74 Å². The van der Waals surface area contributed by atoms with Crippen LogP contribution in [0.25, 0.3) is 0 Å². The Kier molecular flexibility index (Phi) is 7.08. The van der Waals surface area contributed by atoms with Crippen LogP contribution in [0.1, 0.15) is 63.0 Å². The molecule has 6 heteroatoms. The predicted molar refractivity (Wildman–Crippen MR) is 142 cm³/mol. The number of ether oxygens (including phenoxy) is 1. The number of rotatable bonds is 2. The molecule has 5 aliphatic heterocycles. The van der Waals surface area contributed by atoms with Crippen LogP contribution in [0.3, 0.4) is 0 Å². The molecule has 0 unspecified atom stereocenters. The molecule has 1 N–H and O–H groups in total. The standard InChI is InChI=1S/C31H32N2O4/c1-20-16-28-32-18-27(20)29(21(2)31(35)36)25-12-11-23-13-14-33(19-26(23)17-25)30(34)24-9-7-22(8-10-24)6-4-3-5-15-37-28/h3-4,7-12,16-18,21,29H,5-6,13-15,19H2,1-2H3,(H,35,36)/b4-3+/t21-,29-/m0/s1. The first-order valence-corrected chi connectivity index (χ1v) is 12.9. The van der Waals surface area contributed by atoms with E-state index in [9.17, 15) is 14.7 Å². The number of carboxylic acids is 1. The minimum atomic E-state index is -0.861. The number of aliphatic carboxylic acids is 1. The fourth-order valence-corrected chi connectivity index (χ4v) is 5.30. The molecule has 0 aliphatic carbocycles. The number of allylic oxidation sites excluding steroid dienone is 1. The number of hydrogen-bond donors (Lipinski definition) is 1. The van der Waals surface area contributed by atoms with Crippen LogP contribution in [0.15, 0.2) is 66.9 Å². The number of nitrogens with zero attached hydrogens (tertiary/aromatic N) is 2. The van der Waals surface area contributed by atoms with E-state index in [0.29, 0.717) is 31.1 Å². The Morgan fingerprint density at radius 2 is 1.92 bits per heavy atom. The molecule has 7 bridgehead atoms. The fraction of sp³-hybridized carbons (Fsp3) is 0.323. The van der Waals surface area contributed by atoms with Crippen molar-refractivity contribution in [2.75, 3.05) is 13.2 Å². The third kappa shape index (κ3) is 5.29. The minimum absolute atomic E-state index is 0.0206. The van der Waals surface area contributed by atoms with Crippen molar-refractivity contribution in [1.82, 2.24) is 9.88 Å². The zero-order valence-electron chi connectivity index (χ0n) is 21.3. The summed E-state index contributed by atoms with van der Waals surface area (Å²) in [6.07, 6.45) is 8.28. The summed E-state index contributed by atoms with van der Waals surface area (Å²) in [6.45, 7) is 5.39. The van der Waals surface area contributed by atoms with Gasteiger partial charge in [0.2, 0.25) is 5.88 Å². The molecule has 190 valence electrons. The zero-order valence-corrected chi connectivity index (χ0v) is 21.3. The van der Waals surface area contributed by atoms with Gasteiger partial charge in [-0.3, -0.25) is 9.59 Å². The largest absolute Gasteiger partial charge is 0.481 e. The average molecular weight is 497 g/mol. The van der Waals surface area contributed by atoms with Crippen LogP contribution in [0.2, 0.25) is 0 Å². The lowest BCUT2D eigenvalue weighted by atomic mass is 9.79. The van der Waals surface area contributed by atoms with Crippen molar-refractivity contribution in [2.45, 2.75) is 45.6 Å². The van der Waals surface area contributed by atoms with Crippen LogP contribution in [-0.4, -0.2) is 40.0 Å². The van der Waals surface area contributed by atoms with Crippen molar-refractivity contribution >= 4 is 11.9 Å². The monoisotopic (exact) mass is 496 g/mol. The van der Waals surface area contributed by atoms with Crippen LogP contribution in [-0.2, 0) is 24.2 Å². The third-order valence-electron chi connectivity index (χ3n) is 7.50. The van der Waals surface area contributed by atoms with Gasteiger partial charge in [-0.1, -0.05) is 49.4 Å². The molecule has 2 aromatic carbocycles. The smallest absolute Gasteiger partial charge is 0.307 e. The summed E-state index contributed by atoms with van der Waals surface area (Å²) in [5, 5.41) is 9.97. The molecule has 0 fully saturated rings. The lowest BCUT2D eigenvalue weighted by molar-refractivity contribution is -0.141. The first kappa shape index (κ1) is 24.8. The summed E-state index contributed by atoms with van der Waals surface area (Å²) in [7, 11) is 0. The summed E-state index contributed by atoms with van der Waals surface area (Å²) in [5.74, 6) is -1.33. The number of hydrogen-bond acceptors (Lipinski definition) is 4. The van der Waals surface area contributed by atoms with E-state index in [-0.39, 0.29) is 11.8 Å². The molecule has 1 amide bonds. The van der Waals surface area contributed by atoms with Gasteiger partial charge in [0.25, 0.3) is 5.91 Å². The first-order valence-electron chi connectivity index (χ1n) is 12.9. The van der Waals surface area contributed by atoms with Crippen LogP contribution in [0.5, 0.6) is 5.88 Å². The highest BCUT2D eigenvalue weighted by Crippen LogP contribution is 2.36. The number of benzene rings is 2. The minimum Gasteiger partial charge on any atom is -0.481 e. The molecule has 0 saturated heterocycles. The number of carbonyl (C=O) groups is 2. The maximum atomic E-state index is 13.3. The van der Waals surface area contributed by atoms with Gasteiger partial charge in [0.05, 0.1) is 12.5 Å². The third-order valence-corrected chi connectivity index (χ3v) is 7.50. The molecule has 5 aliphatic rings. The van der Waals surface area contributed by atoms with E-state index in [1.165, 1.54) is 5.56 Å². The Morgan fingerprint density at radius 3 is 2.68 bits per heavy atom. The van der Waals surface area contributed by atoms with Crippen LogP contribution in [0, 0.1) is 12.8 Å². The van der Waals surface area contributed by atoms with Gasteiger partial charge in [-0.15, -0.1) is 0 Å². The highest BCUT2D eigenvalue weighted by molar-refractivity contribution is 5.94. The highest BCUT2D eigenvalue weighted by atomic mass is 16.5. The second kappa shape index (κ2) is 10.6. The van der Waals surface area contributed by atoms with E-state index in [2.05, 4.69) is 29.3 Å². The molecule has 37 heavy (non-hydrogen) atoms. The van der Waals surface area contributed by atoms with Crippen LogP contribution in [0.4, 0.5) is 0 Å². The van der Waals surface area contributed by atoms with Gasteiger partial charge < -0.3 is 14.7 Å². The van der Waals surface area contributed by atoms with E-state index < -0.39 is 11.9 Å². The maximum Gasteiger partial charge on any atom is 0.307 e. The Labute approximate surface area is 217 Å². The summed E-state index contributed by atoms with van der Waals surface area (Å²) in [5.41, 5.74) is 6.84. The van der Waals surface area contributed by atoms with Gasteiger partial charge in [0, 0.05) is 36.8 Å². The topological polar surface area (TPSA) is 79.7 Å². The summed E-state index contributed by atoms with van der Waals surface area (Å²) in [6, 6.07) is 15.9. The number of carboxylic acid groups (broad SMARTS) is 1. The SMILES string of the molecule is Cc1cc2ncc1[C@@H]([C@H](C)C(=O)O)c1ccc3c(c1)CN(CC3)C(=O)c1ccc(cc1)C/C=C/CCO2. The zero-order chi connectivity index (χ0) is 25.9. The summed E-state index contributed by atoms with van der Waals surface area (Å²) >= 11 is 0. The van der Waals surface area contributed by atoms with Crippen molar-refractivity contribution in [2.24, 2.45) is 5.92 Å². The van der Waals surface area contributed by atoms with Gasteiger partial charge >= 0.3 is 5.97 Å². The molecule has 6 heterocycles. The van der Waals surface area contributed by atoms with Gasteiger partial charge in [0.15, 0.2) is 0 Å². The Bertz CT molecular complexity index is 1350. The van der Waals surface area contributed by atoms with Crippen molar-refractivity contribution in [3.05, 3.63) is 106 Å². The van der Waals surface area contributed by atoms with Gasteiger partial charge in [0.1, 0.15) is 0 Å². The molecule has 0 spiro atoms. The van der Waals surface area contributed by atoms with E-state index in [4.69, 9.17) is 4.74 Å². The molecule has 0 radical (unpaired) electrons. The Hall–Kier alpha value is -3.93. The van der Waals surface area contributed by atoms with Crippen molar-refractivity contribution < 1.29 is 19.4 Å². The molecular formula is C31H32N2O4. The fourth-order valence-electron chi connectivity index (χ4n) is 5.30. The number of carbonyl (C=O) groups excluding carboxylic acids is 1. The number of pyridine rings is 1. The predicted octanol–water partition coefficient (Wildman–Crippen LogP) is 5.32. The van der Waals surface area contributed by atoms with E-state index in [0.717, 1.165) is 47.1 Å². The summed E-state index contributed by atoms with van der Waals surface area (Å²) in [4.78, 5) is 31.9. The molecule has 1 aromatic heterocycles. The van der Waals surface area contributed by atoms with E-state index >= 15 is 0 Å². The molecule has 8 rings (SSSR count). The maximum absolute atomic E-state index is 13.3. The van der Waals surface area contributed by atoms with Crippen molar-refractivity contribution in [3.63, 3.8) is 0 Å². The van der Waals surface area contributed by atoms with E-state index in [1.54, 1.807) is 13.1 Å². The second-order valence-corrected chi connectivity index (χ2v) is 10.00. The molecule has 2 atom stereocenters. The quantitative estimate of drug-likeness (QED) is 0.486. The van der Waals surface area contributed by atoms with E-state index in [1.807, 2.05) is 48.2 Å². The number of aryl methyl sites for hydroxylation is 1. The molecule has 3 aromatic rings. The number of amides is 1. The van der Waals surface area contributed by atoms with Gasteiger partial charge in [-0.25, -0.2) is 4.98 Å². The van der Waals surface area contributed by atoms with Gasteiger partial charge in [-0.2, -0.15) is 0 Å².